The van der Waals surface area contributed by atoms with Crippen LogP contribution in [-0.4, -0.2) is 44.4 Å². The van der Waals surface area contributed by atoms with E-state index < -0.39 is 0 Å². The molecule has 23 heavy (non-hydrogen) atoms. The highest BCUT2D eigenvalue weighted by molar-refractivity contribution is 7.99. The zero-order valence-electron chi connectivity index (χ0n) is 14.0. The van der Waals surface area contributed by atoms with Gasteiger partial charge in [0.1, 0.15) is 6.33 Å². The molecule has 0 fully saturated rings. The van der Waals surface area contributed by atoms with Crippen molar-refractivity contribution in [2.75, 3.05) is 18.8 Å². The van der Waals surface area contributed by atoms with Crippen LogP contribution in [0.15, 0.2) is 41.8 Å². The molecule has 0 saturated heterocycles. The van der Waals surface area contributed by atoms with E-state index in [4.69, 9.17) is 0 Å². The Morgan fingerprint density at radius 2 is 2.04 bits per heavy atom. The van der Waals surface area contributed by atoms with E-state index >= 15 is 0 Å². The first-order valence-electron chi connectivity index (χ1n) is 7.95. The topological polar surface area (TPSA) is 51.0 Å². The summed E-state index contributed by atoms with van der Waals surface area (Å²) >= 11 is 1.45. The monoisotopic (exact) mass is 332 g/mol. The molecular formula is C17H24N4OS. The fourth-order valence-corrected chi connectivity index (χ4v) is 3.22. The molecule has 0 aliphatic rings. The van der Waals surface area contributed by atoms with Crippen LogP contribution < -0.4 is 0 Å². The van der Waals surface area contributed by atoms with E-state index in [2.05, 4.69) is 36.2 Å². The molecule has 0 spiro atoms. The molecule has 6 heteroatoms. The van der Waals surface area contributed by atoms with Crippen LogP contribution in [0, 0.1) is 0 Å². The van der Waals surface area contributed by atoms with Gasteiger partial charge < -0.3 is 9.47 Å². The van der Waals surface area contributed by atoms with Gasteiger partial charge in [-0.2, -0.15) is 0 Å². The van der Waals surface area contributed by atoms with Crippen molar-refractivity contribution in [3.8, 4) is 0 Å². The predicted octanol–water partition coefficient (Wildman–Crippen LogP) is 3.04. The lowest BCUT2D eigenvalue weighted by Crippen LogP contribution is -2.34. The number of amides is 1. The maximum atomic E-state index is 12.4. The van der Waals surface area contributed by atoms with Crippen LogP contribution >= 0.6 is 11.8 Å². The molecule has 0 aliphatic carbocycles. The van der Waals surface area contributed by atoms with Gasteiger partial charge in [0.2, 0.25) is 5.91 Å². The molecule has 0 unspecified atom stereocenters. The first kappa shape index (κ1) is 17.5. The fourth-order valence-electron chi connectivity index (χ4n) is 2.27. The third kappa shape index (κ3) is 5.10. The van der Waals surface area contributed by atoms with Crippen molar-refractivity contribution in [1.82, 2.24) is 19.7 Å². The Hall–Kier alpha value is -1.82. The third-order valence-corrected chi connectivity index (χ3v) is 4.61. The lowest BCUT2D eigenvalue weighted by atomic mass is 10.1. The van der Waals surface area contributed by atoms with Gasteiger partial charge in [0.25, 0.3) is 0 Å². The van der Waals surface area contributed by atoms with E-state index in [1.807, 2.05) is 34.6 Å². The van der Waals surface area contributed by atoms with Gasteiger partial charge in [0.15, 0.2) is 5.16 Å². The second-order valence-electron chi connectivity index (χ2n) is 5.61. The molecule has 1 aromatic carbocycles. The molecule has 0 atom stereocenters. The predicted molar refractivity (Wildman–Crippen MR) is 93.5 cm³/mol. The minimum absolute atomic E-state index is 0.145. The Balaban J connectivity index is 1.86. The zero-order chi connectivity index (χ0) is 16.7. The molecule has 1 aromatic heterocycles. The Kier molecular flexibility index (Phi) is 6.65. The molecule has 0 radical (unpaired) electrons. The lowest BCUT2D eigenvalue weighted by Gasteiger charge is -2.21. The largest absolute Gasteiger partial charge is 0.342 e. The van der Waals surface area contributed by atoms with Crippen molar-refractivity contribution in [2.24, 2.45) is 0 Å². The number of nitrogens with zero attached hydrogens (tertiary/aromatic N) is 4. The summed E-state index contributed by atoms with van der Waals surface area (Å²) in [4.78, 5) is 14.3. The quantitative estimate of drug-likeness (QED) is 0.697. The van der Waals surface area contributed by atoms with Gasteiger partial charge in [-0.25, -0.2) is 0 Å². The number of hydrogen-bond acceptors (Lipinski definition) is 4. The van der Waals surface area contributed by atoms with Gasteiger partial charge in [-0.1, -0.05) is 42.1 Å². The highest BCUT2D eigenvalue weighted by atomic mass is 32.2. The van der Waals surface area contributed by atoms with E-state index in [9.17, 15) is 4.79 Å². The minimum atomic E-state index is 0.145. The first-order chi connectivity index (χ1) is 11.1. The van der Waals surface area contributed by atoms with Crippen LogP contribution in [-0.2, 0) is 11.2 Å². The van der Waals surface area contributed by atoms with Crippen molar-refractivity contribution in [3.05, 3.63) is 42.2 Å². The minimum Gasteiger partial charge on any atom is -0.342 e. The summed E-state index contributed by atoms with van der Waals surface area (Å²) in [5.41, 5.74) is 1.26. The summed E-state index contributed by atoms with van der Waals surface area (Å²) in [6.07, 6.45) is 2.59. The highest BCUT2D eigenvalue weighted by Gasteiger charge is 2.15. The Morgan fingerprint density at radius 1 is 1.30 bits per heavy atom. The molecule has 0 saturated carbocycles. The summed E-state index contributed by atoms with van der Waals surface area (Å²) in [7, 11) is 0. The number of benzene rings is 1. The Labute approximate surface area is 142 Å². The number of likely N-dealkylation sites (N-methyl/N-ethyl adjacent to an activating group) is 1. The van der Waals surface area contributed by atoms with E-state index in [1.165, 1.54) is 17.3 Å². The molecule has 1 amide bonds. The maximum Gasteiger partial charge on any atom is 0.233 e. The van der Waals surface area contributed by atoms with Gasteiger partial charge in [-0.15, -0.1) is 10.2 Å². The van der Waals surface area contributed by atoms with Crippen molar-refractivity contribution >= 4 is 17.7 Å². The Morgan fingerprint density at radius 3 is 2.70 bits per heavy atom. The van der Waals surface area contributed by atoms with Crippen LogP contribution in [0.2, 0.25) is 0 Å². The Bertz CT molecular complexity index is 612. The number of rotatable bonds is 8. The van der Waals surface area contributed by atoms with Crippen LogP contribution in [0.5, 0.6) is 0 Å². The van der Waals surface area contributed by atoms with E-state index in [1.54, 1.807) is 6.33 Å². The van der Waals surface area contributed by atoms with Crippen LogP contribution in [0.1, 0.15) is 32.4 Å². The summed E-state index contributed by atoms with van der Waals surface area (Å²) in [6, 6.07) is 10.6. The molecular weight excluding hydrogens is 308 g/mol. The summed E-state index contributed by atoms with van der Waals surface area (Å²) in [6.45, 7) is 7.64. The van der Waals surface area contributed by atoms with E-state index in [0.717, 1.165) is 24.7 Å². The van der Waals surface area contributed by atoms with Crippen molar-refractivity contribution in [3.63, 3.8) is 0 Å². The summed E-state index contributed by atoms with van der Waals surface area (Å²) < 4.78 is 1.98. The molecule has 2 aromatic rings. The van der Waals surface area contributed by atoms with Crippen molar-refractivity contribution in [1.29, 1.82) is 0 Å². The molecule has 5 nitrogen and oxygen atoms in total. The fraction of sp³-hybridized carbons (Fsp3) is 0.471. The average Bonchev–Trinajstić information content (AvgIpc) is 3.03. The number of carbonyl (C=O) groups is 1. The van der Waals surface area contributed by atoms with Gasteiger partial charge in [-0.05, 0) is 32.8 Å². The van der Waals surface area contributed by atoms with E-state index in [0.29, 0.717) is 11.8 Å². The number of carbonyl (C=O) groups excluding carboxylic acids is 1. The van der Waals surface area contributed by atoms with E-state index in [-0.39, 0.29) is 5.91 Å². The summed E-state index contributed by atoms with van der Waals surface area (Å²) in [5, 5.41) is 8.82. The van der Waals surface area contributed by atoms with Crippen LogP contribution in [0.25, 0.3) is 0 Å². The smallest absolute Gasteiger partial charge is 0.233 e. The van der Waals surface area contributed by atoms with Gasteiger partial charge >= 0.3 is 0 Å². The number of aromatic nitrogens is 3. The molecule has 0 N–H and O–H groups in total. The second-order valence-corrected chi connectivity index (χ2v) is 6.55. The van der Waals surface area contributed by atoms with Gasteiger partial charge in [0.05, 0.1) is 5.75 Å². The lowest BCUT2D eigenvalue weighted by molar-refractivity contribution is -0.128. The molecule has 1 heterocycles. The van der Waals surface area contributed by atoms with Crippen LogP contribution in [0.3, 0.4) is 0 Å². The maximum absolute atomic E-state index is 12.4. The van der Waals surface area contributed by atoms with Crippen molar-refractivity contribution < 1.29 is 4.79 Å². The third-order valence-electron chi connectivity index (χ3n) is 3.67. The average molecular weight is 332 g/mol. The molecule has 0 aliphatic heterocycles. The standard InChI is InChI=1S/C17H24N4OS/c1-4-20(11-10-15-8-6-5-7-9-15)16(22)12-23-17-19-18-13-21(17)14(2)3/h5-9,13-14H,4,10-12H2,1-3H3. The number of thioether (sulfide) groups is 1. The molecule has 2 rings (SSSR count). The summed E-state index contributed by atoms with van der Waals surface area (Å²) in [5.74, 6) is 0.542. The molecule has 0 bridgehead atoms. The van der Waals surface area contributed by atoms with Crippen molar-refractivity contribution in [2.45, 2.75) is 38.4 Å². The molecule has 124 valence electrons. The van der Waals surface area contributed by atoms with Gasteiger partial charge in [-0.3, -0.25) is 4.79 Å². The first-order valence-corrected chi connectivity index (χ1v) is 8.94. The van der Waals surface area contributed by atoms with Gasteiger partial charge in [0, 0.05) is 19.1 Å². The SMILES string of the molecule is CCN(CCc1ccccc1)C(=O)CSc1nncn1C(C)C. The highest BCUT2D eigenvalue weighted by Crippen LogP contribution is 2.19. The number of hydrogen-bond donors (Lipinski definition) is 0. The second kappa shape index (κ2) is 8.72. The zero-order valence-corrected chi connectivity index (χ0v) is 14.8. The normalized spacial score (nSPS) is 11.0. The van der Waals surface area contributed by atoms with Crippen LogP contribution in [0.4, 0.5) is 0 Å².